The van der Waals surface area contributed by atoms with E-state index in [4.69, 9.17) is 0 Å². The van der Waals surface area contributed by atoms with Crippen molar-refractivity contribution >= 4 is 17.8 Å². The predicted octanol–water partition coefficient (Wildman–Crippen LogP) is 3.24. The first kappa shape index (κ1) is 21.1. The second kappa shape index (κ2) is 8.53. The van der Waals surface area contributed by atoms with Crippen LogP contribution >= 0.6 is 0 Å². The summed E-state index contributed by atoms with van der Waals surface area (Å²) < 4.78 is 0. The van der Waals surface area contributed by atoms with E-state index in [1.54, 1.807) is 11.8 Å². The van der Waals surface area contributed by atoms with Gasteiger partial charge < -0.3 is 10.2 Å². The molecule has 2 aromatic rings. The zero-order chi connectivity index (χ0) is 22.0. The number of imide groups is 1. The van der Waals surface area contributed by atoms with Crippen molar-refractivity contribution in [2.24, 2.45) is 5.92 Å². The Labute approximate surface area is 183 Å². The number of aryl methyl sites for hydroxylation is 1. The monoisotopic (exact) mass is 419 g/mol. The maximum atomic E-state index is 13.1. The zero-order valence-corrected chi connectivity index (χ0v) is 18.1. The number of benzene rings is 2. The summed E-state index contributed by atoms with van der Waals surface area (Å²) in [6.45, 7) is 4.77. The molecule has 0 saturated carbocycles. The maximum absolute atomic E-state index is 13.1. The number of piperidine rings is 1. The molecular weight excluding hydrogens is 390 g/mol. The van der Waals surface area contributed by atoms with E-state index in [0.29, 0.717) is 24.6 Å². The molecule has 0 aliphatic carbocycles. The van der Waals surface area contributed by atoms with E-state index in [2.05, 4.69) is 29.6 Å². The smallest absolute Gasteiger partial charge is 0.325 e. The lowest BCUT2D eigenvalue weighted by Gasteiger charge is -2.33. The number of carbonyl (C=O) groups is 3. The molecule has 1 atom stereocenters. The molecule has 4 rings (SSSR count). The molecule has 0 spiro atoms. The average Bonchev–Trinajstić information content (AvgIpc) is 2.99. The highest BCUT2D eigenvalue weighted by Gasteiger charge is 2.49. The van der Waals surface area contributed by atoms with Gasteiger partial charge in [-0.25, -0.2) is 4.79 Å². The summed E-state index contributed by atoms with van der Waals surface area (Å²) in [6, 6.07) is 17.4. The van der Waals surface area contributed by atoms with Gasteiger partial charge in [-0.3, -0.25) is 14.5 Å². The fourth-order valence-electron chi connectivity index (χ4n) is 4.49. The molecular formula is C25H29N3O3. The molecule has 4 amide bonds. The Morgan fingerprint density at radius 3 is 2.32 bits per heavy atom. The molecule has 6 heteroatoms. The SMILES string of the molecule is Cc1ccc([C@@]2(C)NC(=O)N(CC(=O)N3CCC(Cc4ccccc4)CC3)C2=O)cc1. The van der Waals surface area contributed by atoms with Gasteiger partial charge in [-0.15, -0.1) is 0 Å². The molecule has 2 aliphatic heterocycles. The number of likely N-dealkylation sites (tertiary alicyclic amines) is 1. The summed E-state index contributed by atoms with van der Waals surface area (Å²) in [5, 5.41) is 2.78. The number of amides is 4. The quantitative estimate of drug-likeness (QED) is 0.757. The second-order valence-electron chi connectivity index (χ2n) is 8.83. The van der Waals surface area contributed by atoms with Gasteiger partial charge in [0.05, 0.1) is 0 Å². The first-order chi connectivity index (χ1) is 14.9. The lowest BCUT2D eigenvalue weighted by molar-refractivity contribution is -0.139. The summed E-state index contributed by atoms with van der Waals surface area (Å²) in [4.78, 5) is 41.3. The van der Waals surface area contributed by atoms with Crippen LogP contribution in [0.5, 0.6) is 0 Å². The van der Waals surface area contributed by atoms with E-state index >= 15 is 0 Å². The number of hydrogen-bond donors (Lipinski definition) is 1. The topological polar surface area (TPSA) is 69.7 Å². The van der Waals surface area contributed by atoms with Crippen LogP contribution in [0, 0.1) is 12.8 Å². The van der Waals surface area contributed by atoms with Crippen LogP contribution in [-0.4, -0.2) is 47.3 Å². The molecule has 2 aromatic carbocycles. The number of hydrogen-bond acceptors (Lipinski definition) is 3. The van der Waals surface area contributed by atoms with E-state index in [0.717, 1.165) is 29.7 Å². The summed E-state index contributed by atoms with van der Waals surface area (Å²) >= 11 is 0. The highest BCUT2D eigenvalue weighted by Crippen LogP contribution is 2.29. The number of nitrogens with one attached hydrogen (secondary N) is 1. The standard InChI is InChI=1S/C25H29N3O3/c1-18-8-10-21(11-9-18)25(2)23(30)28(24(31)26-25)17-22(29)27-14-12-20(13-15-27)16-19-6-4-3-5-7-19/h3-11,20H,12-17H2,1-2H3,(H,26,31)/t25-/m1/s1. The van der Waals surface area contributed by atoms with Gasteiger partial charge in [0.2, 0.25) is 5.91 Å². The summed E-state index contributed by atoms with van der Waals surface area (Å²) in [7, 11) is 0. The molecule has 6 nitrogen and oxygen atoms in total. The Balaban J connectivity index is 1.35. The first-order valence-electron chi connectivity index (χ1n) is 10.9. The first-order valence-corrected chi connectivity index (χ1v) is 10.9. The fraction of sp³-hybridized carbons (Fsp3) is 0.400. The van der Waals surface area contributed by atoms with Crippen LogP contribution in [0.2, 0.25) is 0 Å². The summed E-state index contributed by atoms with van der Waals surface area (Å²) in [6.07, 6.45) is 2.88. The van der Waals surface area contributed by atoms with Crippen molar-refractivity contribution in [3.63, 3.8) is 0 Å². The maximum Gasteiger partial charge on any atom is 0.325 e. The van der Waals surface area contributed by atoms with Crippen molar-refractivity contribution in [2.75, 3.05) is 19.6 Å². The fourth-order valence-corrected chi connectivity index (χ4v) is 4.49. The van der Waals surface area contributed by atoms with Crippen LogP contribution in [0.4, 0.5) is 4.79 Å². The number of urea groups is 1. The minimum Gasteiger partial charge on any atom is -0.341 e. The molecule has 162 valence electrons. The highest BCUT2D eigenvalue weighted by atomic mass is 16.2. The molecule has 0 bridgehead atoms. The minimum atomic E-state index is -1.15. The van der Waals surface area contributed by atoms with Crippen molar-refractivity contribution in [1.82, 2.24) is 15.1 Å². The van der Waals surface area contributed by atoms with Crippen LogP contribution in [0.1, 0.15) is 36.5 Å². The van der Waals surface area contributed by atoms with Gasteiger partial charge in [-0.1, -0.05) is 60.2 Å². The molecule has 2 aliphatic rings. The Morgan fingerprint density at radius 1 is 1.03 bits per heavy atom. The Kier molecular flexibility index (Phi) is 5.81. The van der Waals surface area contributed by atoms with E-state index in [1.165, 1.54) is 5.56 Å². The third-order valence-electron chi connectivity index (χ3n) is 6.53. The van der Waals surface area contributed by atoms with Crippen LogP contribution in [0.3, 0.4) is 0 Å². The Morgan fingerprint density at radius 2 is 1.68 bits per heavy atom. The highest BCUT2D eigenvalue weighted by molar-refractivity contribution is 6.09. The van der Waals surface area contributed by atoms with Crippen LogP contribution in [0.15, 0.2) is 54.6 Å². The molecule has 2 saturated heterocycles. The average molecular weight is 420 g/mol. The second-order valence-corrected chi connectivity index (χ2v) is 8.83. The Bertz CT molecular complexity index is 965. The third-order valence-corrected chi connectivity index (χ3v) is 6.53. The summed E-state index contributed by atoms with van der Waals surface area (Å²) in [5.41, 5.74) is 1.97. The Hall–Kier alpha value is -3.15. The van der Waals surface area contributed by atoms with Crippen molar-refractivity contribution in [1.29, 1.82) is 0 Å². The van der Waals surface area contributed by atoms with Gasteiger partial charge in [0.15, 0.2) is 0 Å². The normalized spacial score (nSPS) is 22.0. The van der Waals surface area contributed by atoms with Crippen molar-refractivity contribution in [3.05, 3.63) is 71.3 Å². The summed E-state index contributed by atoms with van der Waals surface area (Å²) in [5.74, 6) is -0.00326. The number of rotatable bonds is 5. The molecule has 31 heavy (non-hydrogen) atoms. The van der Waals surface area contributed by atoms with E-state index in [-0.39, 0.29) is 18.4 Å². The predicted molar refractivity (Wildman–Crippen MR) is 118 cm³/mol. The van der Waals surface area contributed by atoms with Crippen LogP contribution in [-0.2, 0) is 21.5 Å². The lowest BCUT2D eigenvalue weighted by atomic mass is 9.90. The van der Waals surface area contributed by atoms with E-state index in [9.17, 15) is 14.4 Å². The van der Waals surface area contributed by atoms with E-state index < -0.39 is 11.6 Å². The van der Waals surface area contributed by atoms with Crippen LogP contribution < -0.4 is 5.32 Å². The zero-order valence-electron chi connectivity index (χ0n) is 18.1. The minimum absolute atomic E-state index is 0.171. The van der Waals surface area contributed by atoms with Gasteiger partial charge in [0.1, 0.15) is 12.1 Å². The molecule has 0 aromatic heterocycles. The molecule has 1 N–H and O–H groups in total. The largest absolute Gasteiger partial charge is 0.341 e. The van der Waals surface area contributed by atoms with Crippen molar-refractivity contribution in [3.8, 4) is 0 Å². The molecule has 0 radical (unpaired) electrons. The number of nitrogens with zero attached hydrogens (tertiary/aromatic N) is 2. The van der Waals surface area contributed by atoms with E-state index in [1.807, 2.05) is 37.3 Å². The van der Waals surface area contributed by atoms with Gasteiger partial charge in [0, 0.05) is 13.1 Å². The van der Waals surface area contributed by atoms with Gasteiger partial charge in [-0.05, 0) is 50.2 Å². The van der Waals surface area contributed by atoms with Gasteiger partial charge in [0.25, 0.3) is 5.91 Å². The van der Waals surface area contributed by atoms with Gasteiger partial charge >= 0.3 is 6.03 Å². The molecule has 0 unspecified atom stereocenters. The molecule has 2 heterocycles. The van der Waals surface area contributed by atoms with Crippen molar-refractivity contribution < 1.29 is 14.4 Å². The van der Waals surface area contributed by atoms with Crippen molar-refractivity contribution in [2.45, 2.75) is 38.6 Å². The van der Waals surface area contributed by atoms with Gasteiger partial charge in [-0.2, -0.15) is 0 Å². The van der Waals surface area contributed by atoms with Crippen LogP contribution in [0.25, 0.3) is 0 Å². The molecule has 2 fully saturated rings. The lowest BCUT2D eigenvalue weighted by Crippen LogP contribution is -2.46. The number of carbonyl (C=O) groups excluding carboxylic acids is 3. The third kappa shape index (κ3) is 4.33.